The van der Waals surface area contributed by atoms with Gasteiger partial charge in [0, 0.05) is 58.8 Å². The molecule has 0 unspecified atom stereocenters. The Morgan fingerprint density at radius 1 is 1.16 bits per heavy atom. The van der Waals surface area contributed by atoms with Crippen molar-refractivity contribution in [2.75, 3.05) is 13.1 Å². The fraction of sp³-hybridized carbons (Fsp3) is 0.345. The highest BCUT2D eigenvalue weighted by atomic mass is 35.5. The fourth-order valence-corrected chi connectivity index (χ4v) is 4.96. The van der Waals surface area contributed by atoms with Crippen LogP contribution in [0.3, 0.4) is 0 Å². The van der Waals surface area contributed by atoms with Crippen molar-refractivity contribution in [1.82, 2.24) is 24.6 Å². The molecule has 8 heteroatoms. The van der Waals surface area contributed by atoms with E-state index < -0.39 is 5.60 Å². The molecule has 37 heavy (non-hydrogen) atoms. The number of halogens is 1. The first kappa shape index (κ1) is 25.1. The van der Waals surface area contributed by atoms with E-state index in [4.69, 9.17) is 16.3 Å². The van der Waals surface area contributed by atoms with Gasteiger partial charge in [0.15, 0.2) is 0 Å². The van der Waals surface area contributed by atoms with Crippen LogP contribution in [0.4, 0.5) is 4.79 Å². The van der Waals surface area contributed by atoms with Gasteiger partial charge >= 0.3 is 6.09 Å². The van der Waals surface area contributed by atoms with Crippen molar-refractivity contribution in [2.24, 2.45) is 0 Å². The van der Waals surface area contributed by atoms with E-state index in [-0.39, 0.29) is 12.1 Å². The van der Waals surface area contributed by atoms with Crippen LogP contribution in [0.2, 0.25) is 5.02 Å². The van der Waals surface area contributed by atoms with E-state index in [9.17, 15) is 4.79 Å². The van der Waals surface area contributed by atoms with Crippen LogP contribution in [-0.2, 0) is 4.74 Å². The summed E-state index contributed by atoms with van der Waals surface area (Å²) in [7, 11) is 0. The van der Waals surface area contributed by atoms with Gasteiger partial charge in [0.05, 0.1) is 12.2 Å². The topological polar surface area (TPSA) is 76.0 Å². The maximum Gasteiger partial charge on any atom is 0.410 e. The van der Waals surface area contributed by atoms with Crippen molar-refractivity contribution in [3.8, 4) is 11.1 Å². The van der Waals surface area contributed by atoms with E-state index in [0.29, 0.717) is 13.1 Å². The number of benzene rings is 1. The minimum absolute atomic E-state index is 0.243. The van der Waals surface area contributed by atoms with Gasteiger partial charge in [-0.15, -0.1) is 0 Å². The summed E-state index contributed by atoms with van der Waals surface area (Å²) in [6.07, 6.45) is 13.4. The number of fused-ring (bicyclic) bond motifs is 1. The number of hydrogen-bond donors (Lipinski definition) is 1. The molecular weight excluding hydrogens is 486 g/mol. The minimum Gasteiger partial charge on any atom is -0.444 e. The quantitative estimate of drug-likeness (QED) is 0.312. The standard InChI is InChI=1S/C29H32ClN5O2/c1-19-6-5-7-26(30)24(19)9-8-20-15-31-27-25(20)14-21(16-32-27)22-17-33-35(18-22)23-10-12-34(13-11-23)28(36)37-29(2,3)4/h5-9,14-18,23H,10-13H2,1-4H3,(H,31,32)/b9-8+. The largest absolute Gasteiger partial charge is 0.444 e. The Morgan fingerprint density at radius 2 is 1.95 bits per heavy atom. The van der Waals surface area contributed by atoms with Crippen LogP contribution in [-0.4, -0.2) is 49.4 Å². The fourth-order valence-electron chi connectivity index (χ4n) is 4.67. The number of likely N-dealkylation sites (tertiary alicyclic amines) is 1. The molecule has 4 aromatic rings. The Morgan fingerprint density at radius 3 is 2.68 bits per heavy atom. The van der Waals surface area contributed by atoms with Crippen molar-refractivity contribution in [3.05, 3.63) is 70.8 Å². The molecule has 0 radical (unpaired) electrons. The third-order valence-electron chi connectivity index (χ3n) is 6.69. The number of pyridine rings is 1. The third kappa shape index (κ3) is 5.57. The number of hydrogen-bond acceptors (Lipinski definition) is 4. The van der Waals surface area contributed by atoms with Gasteiger partial charge in [-0.25, -0.2) is 9.78 Å². The lowest BCUT2D eigenvalue weighted by Crippen LogP contribution is -2.42. The molecule has 0 bridgehead atoms. The molecule has 1 aromatic carbocycles. The van der Waals surface area contributed by atoms with Crippen LogP contribution >= 0.6 is 11.6 Å². The first-order chi connectivity index (χ1) is 17.7. The number of amides is 1. The van der Waals surface area contributed by atoms with Crippen molar-refractivity contribution >= 4 is 40.9 Å². The predicted octanol–water partition coefficient (Wildman–Crippen LogP) is 7.13. The third-order valence-corrected chi connectivity index (χ3v) is 7.02. The molecule has 3 aromatic heterocycles. The zero-order valence-electron chi connectivity index (χ0n) is 21.7. The van der Waals surface area contributed by atoms with Gasteiger partial charge in [0.25, 0.3) is 0 Å². The van der Waals surface area contributed by atoms with E-state index in [2.05, 4.69) is 52.5 Å². The molecule has 1 aliphatic rings. The highest BCUT2D eigenvalue weighted by Gasteiger charge is 2.28. The van der Waals surface area contributed by atoms with E-state index >= 15 is 0 Å². The SMILES string of the molecule is Cc1cccc(Cl)c1/C=C/c1c[nH]c2ncc(-c3cnn(C4CCN(C(=O)OC(C)(C)C)CC4)c3)cc12. The number of rotatable bonds is 4. The number of carbonyl (C=O) groups excluding carboxylic acids is 1. The lowest BCUT2D eigenvalue weighted by molar-refractivity contribution is 0.0185. The lowest BCUT2D eigenvalue weighted by atomic mass is 10.0. The molecule has 7 nitrogen and oxygen atoms in total. The molecule has 4 heterocycles. The second-order valence-corrected chi connectivity index (χ2v) is 11.0. The number of H-pyrrole nitrogens is 1. The van der Waals surface area contributed by atoms with Crippen LogP contribution < -0.4 is 0 Å². The molecule has 192 valence electrons. The molecule has 1 N–H and O–H groups in total. The Labute approximate surface area is 222 Å². The molecule has 1 fully saturated rings. The summed E-state index contributed by atoms with van der Waals surface area (Å²) in [5, 5.41) is 6.42. The summed E-state index contributed by atoms with van der Waals surface area (Å²) in [5.74, 6) is 0. The normalized spacial score (nSPS) is 15.1. The molecule has 5 rings (SSSR count). The van der Waals surface area contributed by atoms with Crippen molar-refractivity contribution in [2.45, 2.75) is 52.2 Å². The second-order valence-electron chi connectivity index (χ2n) is 10.6. The van der Waals surface area contributed by atoms with Gasteiger partial charge in [0.1, 0.15) is 11.2 Å². The second kappa shape index (κ2) is 10.1. The van der Waals surface area contributed by atoms with Crippen LogP contribution in [0, 0.1) is 6.92 Å². The average molecular weight is 518 g/mol. The summed E-state index contributed by atoms with van der Waals surface area (Å²) in [5.41, 5.74) is 5.57. The van der Waals surface area contributed by atoms with Gasteiger partial charge < -0.3 is 14.6 Å². The zero-order chi connectivity index (χ0) is 26.2. The molecule has 0 saturated carbocycles. The molecule has 1 amide bonds. The highest BCUT2D eigenvalue weighted by molar-refractivity contribution is 6.32. The molecule has 1 saturated heterocycles. The number of nitrogens with zero attached hydrogens (tertiary/aromatic N) is 4. The molecule has 0 aliphatic carbocycles. The van der Waals surface area contributed by atoms with Crippen LogP contribution in [0.1, 0.15) is 56.3 Å². The number of aromatic amines is 1. The number of ether oxygens (including phenoxy) is 1. The predicted molar refractivity (Wildman–Crippen MR) is 149 cm³/mol. The van der Waals surface area contributed by atoms with E-state index in [1.807, 2.05) is 56.2 Å². The number of aryl methyl sites for hydroxylation is 1. The number of carbonyl (C=O) groups is 1. The van der Waals surface area contributed by atoms with Crippen molar-refractivity contribution < 1.29 is 9.53 Å². The van der Waals surface area contributed by atoms with Crippen molar-refractivity contribution in [1.29, 1.82) is 0 Å². The average Bonchev–Trinajstić information content (AvgIpc) is 3.50. The molecule has 1 aliphatic heterocycles. The summed E-state index contributed by atoms with van der Waals surface area (Å²) in [4.78, 5) is 22.1. The Balaban J connectivity index is 1.31. The van der Waals surface area contributed by atoms with Gasteiger partial charge in [-0.3, -0.25) is 4.68 Å². The highest BCUT2D eigenvalue weighted by Crippen LogP contribution is 2.29. The maximum atomic E-state index is 12.4. The van der Waals surface area contributed by atoms with Crippen LogP contribution in [0.5, 0.6) is 0 Å². The smallest absolute Gasteiger partial charge is 0.410 e. The number of piperidine rings is 1. The Hall–Kier alpha value is -3.58. The Kier molecular flexibility index (Phi) is 6.82. The van der Waals surface area contributed by atoms with Gasteiger partial charge in [-0.2, -0.15) is 5.10 Å². The van der Waals surface area contributed by atoms with Crippen LogP contribution in [0.25, 0.3) is 34.3 Å². The zero-order valence-corrected chi connectivity index (χ0v) is 22.4. The monoisotopic (exact) mass is 517 g/mol. The number of aromatic nitrogens is 4. The van der Waals surface area contributed by atoms with Gasteiger partial charge in [-0.05, 0) is 63.8 Å². The van der Waals surface area contributed by atoms with Crippen molar-refractivity contribution in [3.63, 3.8) is 0 Å². The van der Waals surface area contributed by atoms with Gasteiger partial charge in [-0.1, -0.05) is 35.9 Å². The van der Waals surface area contributed by atoms with E-state index in [1.54, 1.807) is 4.90 Å². The van der Waals surface area contributed by atoms with E-state index in [0.717, 1.165) is 56.7 Å². The number of nitrogens with one attached hydrogen (secondary N) is 1. The molecule has 0 spiro atoms. The Bertz CT molecular complexity index is 1430. The summed E-state index contributed by atoms with van der Waals surface area (Å²) in [6.45, 7) is 9.04. The van der Waals surface area contributed by atoms with E-state index in [1.165, 1.54) is 0 Å². The minimum atomic E-state index is -0.484. The summed E-state index contributed by atoms with van der Waals surface area (Å²) < 4.78 is 7.53. The molecule has 0 atom stereocenters. The first-order valence-electron chi connectivity index (χ1n) is 12.6. The summed E-state index contributed by atoms with van der Waals surface area (Å²) in [6, 6.07) is 8.31. The summed E-state index contributed by atoms with van der Waals surface area (Å²) >= 11 is 6.40. The first-order valence-corrected chi connectivity index (χ1v) is 13.0. The lowest BCUT2D eigenvalue weighted by Gasteiger charge is -2.33. The van der Waals surface area contributed by atoms with Crippen LogP contribution in [0.15, 0.2) is 49.1 Å². The van der Waals surface area contributed by atoms with Gasteiger partial charge in [0.2, 0.25) is 0 Å². The molecular formula is C29H32ClN5O2. The maximum absolute atomic E-state index is 12.4.